The van der Waals surface area contributed by atoms with E-state index in [1.165, 1.54) is 14.2 Å². The standard InChI is InChI=1S/C19H27NO5/c1-14(17(13-21)24-2)8-7-11-18(22)20-16(19(23)25-3)12-15-9-5-4-6-10-15/h4-10,14,16-17,21H,11-13H2,1-3H3,(H,20,22)/b8-7-/t14-,16+,17-/m1/s1. The van der Waals surface area contributed by atoms with E-state index in [0.29, 0.717) is 6.42 Å². The third-order valence-electron chi connectivity index (χ3n) is 3.92. The van der Waals surface area contributed by atoms with Crippen molar-refractivity contribution < 1.29 is 24.2 Å². The van der Waals surface area contributed by atoms with Gasteiger partial charge in [0.25, 0.3) is 0 Å². The summed E-state index contributed by atoms with van der Waals surface area (Å²) in [7, 11) is 2.83. The molecule has 0 aliphatic rings. The number of nitrogens with one attached hydrogen (secondary N) is 1. The molecule has 0 unspecified atom stereocenters. The van der Waals surface area contributed by atoms with Crippen molar-refractivity contribution in [3.8, 4) is 0 Å². The van der Waals surface area contributed by atoms with Gasteiger partial charge in [-0.25, -0.2) is 4.79 Å². The molecule has 2 N–H and O–H groups in total. The number of rotatable bonds is 10. The Balaban J connectivity index is 2.59. The summed E-state index contributed by atoms with van der Waals surface area (Å²) < 4.78 is 9.91. The van der Waals surface area contributed by atoms with Crippen LogP contribution in [0, 0.1) is 5.92 Å². The molecule has 0 fully saturated rings. The van der Waals surface area contributed by atoms with Gasteiger partial charge in [0.05, 0.1) is 19.8 Å². The van der Waals surface area contributed by atoms with Crippen LogP contribution in [0.3, 0.4) is 0 Å². The zero-order valence-electron chi connectivity index (χ0n) is 15.0. The van der Waals surface area contributed by atoms with Crippen molar-refractivity contribution in [2.45, 2.75) is 31.9 Å². The van der Waals surface area contributed by atoms with Crippen LogP contribution in [0.1, 0.15) is 18.9 Å². The number of benzene rings is 1. The maximum atomic E-state index is 12.1. The molecule has 1 amide bonds. The van der Waals surface area contributed by atoms with Crippen LogP contribution in [0.2, 0.25) is 0 Å². The molecule has 6 nitrogen and oxygen atoms in total. The first-order valence-electron chi connectivity index (χ1n) is 8.23. The van der Waals surface area contributed by atoms with Crippen molar-refractivity contribution in [1.82, 2.24) is 5.32 Å². The zero-order valence-corrected chi connectivity index (χ0v) is 15.0. The molecule has 6 heteroatoms. The predicted molar refractivity (Wildman–Crippen MR) is 94.9 cm³/mol. The van der Waals surface area contributed by atoms with E-state index < -0.39 is 12.0 Å². The topological polar surface area (TPSA) is 84.9 Å². The van der Waals surface area contributed by atoms with E-state index in [0.717, 1.165) is 5.56 Å². The Morgan fingerprint density at radius 2 is 1.92 bits per heavy atom. The first-order chi connectivity index (χ1) is 12.0. The molecule has 0 aromatic heterocycles. The summed E-state index contributed by atoms with van der Waals surface area (Å²) in [6.07, 6.45) is 3.72. The third kappa shape index (κ3) is 7.49. The van der Waals surface area contributed by atoms with Crippen LogP contribution >= 0.6 is 0 Å². The van der Waals surface area contributed by atoms with Gasteiger partial charge in [0, 0.05) is 25.9 Å². The molecule has 0 heterocycles. The summed E-state index contributed by atoms with van der Waals surface area (Å²) in [5.41, 5.74) is 0.938. The Kier molecular flexibility index (Phi) is 9.50. The van der Waals surface area contributed by atoms with Crippen LogP contribution < -0.4 is 5.32 Å². The van der Waals surface area contributed by atoms with Gasteiger partial charge in [-0.3, -0.25) is 4.79 Å². The number of carbonyl (C=O) groups excluding carboxylic acids is 2. The number of ether oxygens (including phenoxy) is 2. The van der Waals surface area contributed by atoms with Gasteiger partial charge in [0.1, 0.15) is 6.04 Å². The van der Waals surface area contributed by atoms with Gasteiger partial charge in [-0.2, -0.15) is 0 Å². The van der Waals surface area contributed by atoms with Crippen molar-refractivity contribution in [2.24, 2.45) is 5.92 Å². The fraction of sp³-hybridized carbons (Fsp3) is 0.474. The lowest BCUT2D eigenvalue weighted by atomic mass is 10.0. The Labute approximate surface area is 148 Å². The van der Waals surface area contributed by atoms with Crippen molar-refractivity contribution in [1.29, 1.82) is 0 Å². The molecule has 0 saturated carbocycles. The summed E-state index contributed by atoms with van der Waals surface area (Å²) in [6, 6.07) is 8.70. The predicted octanol–water partition coefficient (Wildman–Crippen LogP) is 1.48. The van der Waals surface area contributed by atoms with Gasteiger partial charge < -0.3 is 19.9 Å². The molecule has 1 aromatic rings. The molecular weight excluding hydrogens is 322 g/mol. The minimum absolute atomic E-state index is 0.0245. The Morgan fingerprint density at radius 3 is 2.48 bits per heavy atom. The lowest BCUT2D eigenvalue weighted by Crippen LogP contribution is -2.42. The van der Waals surface area contributed by atoms with Gasteiger partial charge in [-0.15, -0.1) is 0 Å². The molecule has 1 aromatic carbocycles. The second-order valence-corrected chi connectivity index (χ2v) is 5.78. The number of hydrogen-bond donors (Lipinski definition) is 2. The first-order valence-corrected chi connectivity index (χ1v) is 8.23. The monoisotopic (exact) mass is 349 g/mol. The molecule has 138 valence electrons. The van der Waals surface area contributed by atoms with Crippen molar-refractivity contribution >= 4 is 11.9 Å². The van der Waals surface area contributed by atoms with Crippen molar-refractivity contribution in [2.75, 3.05) is 20.8 Å². The van der Waals surface area contributed by atoms with Crippen LogP contribution in [0.5, 0.6) is 0 Å². The number of carbonyl (C=O) groups is 2. The fourth-order valence-electron chi connectivity index (χ4n) is 2.41. The highest BCUT2D eigenvalue weighted by atomic mass is 16.5. The van der Waals surface area contributed by atoms with E-state index >= 15 is 0 Å². The van der Waals surface area contributed by atoms with Crippen molar-refractivity contribution in [3.63, 3.8) is 0 Å². The van der Waals surface area contributed by atoms with Crippen LogP contribution in [0.4, 0.5) is 0 Å². The highest BCUT2D eigenvalue weighted by molar-refractivity contribution is 5.85. The van der Waals surface area contributed by atoms with Crippen molar-refractivity contribution in [3.05, 3.63) is 48.0 Å². The van der Waals surface area contributed by atoms with Crippen LogP contribution in [0.25, 0.3) is 0 Å². The minimum atomic E-state index is -0.727. The number of aliphatic hydroxyl groups excluding tert-OH is 1. The van der Waals surface area contributed by atoms with Gasteiger partial charge >= 0.3 is 5.97 Å². The van der Waals surface area contributed by atoms with Gasteiger partial charge in [-0.1, -0.05) is 49.4 Å². The lowest BCUT2D eigenvalue weighted by molar-refractivity contribution is -0.144. The van der Waals surface area contributed by atoms with E-state index in [1.54, 1.807) is 6.08 Å². The lowest BCUT2D eigenvalue weighted by Gasteiger charge is -2.17. The Bertz CT molecular complexity index is 554. The largest absolute Gasteiger partial charge is 0.467 e. The molecule has 0 saturated heterocycles. The van der Waals surface area contributed by atoms with Gasteiger partial charge in [-0.05, 0) is 5.56 Å². The fourth-order valence-corrected chi connectivity index (χ4v) is 2.41. The molecule has 0 radical (unpaired) electrons. The number of hydrogen-bond acceptors (Lipinski definition) is 5. The quantitative estimate of drug-likeness (QED) is 0.494. The second kappa shape index (κ2) is 11.4. The van der Waals surface area contributed by atoms with Crippen LogP contribution in [-0.4, -0.2) is 50.0 Å². The highest BCUT2D eigenvalue weighted by Crippen LogP contribution is 2.09. The summed E-state index contributed by atoms with van der Waals surface area (Å²) in [6.45, 7) is 1.81. The number of amides is 1. The molecule has 0 bridgehead atoms. The molecule has 3 atom stereocenters. The molecular formula is C19H27NO5. The third-order valence-corrected chi connectivity index (χ3v) is 3.92. The molecule has 1 rings (SSSR count). The maximum absolute atomic E-state index is 12.1. The Hall–Kier alpha value is -2.18. The second-order valence-electron chi connectivity index (χ2n) is 5.78. The minimum Gasteiger partial charge on any atom is -0.467 e. The molecule has 0 aliphatic heterocycles. The maximum Gasteiger partial charge on any atom is 0.328 e. The first kappa shape index (κ1) is 20.9. The van der Waals surface area contributed by atoms with E-state index in [2.05, 4.69) is 5.32 Å². The Morgan fingerprint density at radius 1 is 1.24 bits per heavy atom. The zero-order chi connectivity index (χ0) is 18.7. The normalized spacial score (nSPS) is 14.7. The van der Waals surface area contributed by atoms with E-state index in [1.807, 2.05) is 43.3 Å². The molecule has 0 aliphatic carbocycles. The SMILES string of the molecule is COC(=O)[C@H](Cc1ccccc1)NC(=O)C/C=C\[C@@H](C)[C@@H](CO)OC. The van der Waals surface area contributed by atoms with Gasteiger partial charge in [0.15, 0.2) is 0 Å². The number of methoxy groups -OCH3 is 2. The summed E-state index contributed by atoms with van der Waals surface area (Å²) in [5, 5.41) is 11.9. The number of aliphatic hydroxyl groups is 1. The van der Waals surface area contributed by atoms with Crippen LogP contribution in [0.15, 0.2) is 42.5 Å². The highest BCUT2D eigenvalue weighted by Gasteiger charge is 2.21. The summed E-state index contributed by atoms with van der Waals surface area (Å²) in [5.74, 6) is -0.773. The average molecular weight is 349 g/mol. The van der Waals surface area contributed by atoms with E-state index in [-0.39, 0.29) is 31.0 Å². The van der Waals surface area contributed by atoms with E-state index in [4.69, 9.17) is 14.6 Å². The van der Waals surface area contributed by atoms with Gasteiger partial charge in [0.2, 0.25) is 5.91 Å². The molecule has 0 spiro atoms. The summed E-state index contributed by atoms with van der Waals surface area (Å²) >= 11 is 0. The molecule has 25 heavy (non-hydrogen) atoms. The van der Waals surface area contributed by atoms with Crippen LogP contribution in [-0.2, 0) is 25.5 Å². The number of esters is 1. The summed E-state index contributed by atoms with van der Waals surface area (Å²) in [4.78, 5) is 24.0. The van der Waals surface area contributed by atoms with E-state index in [9.17, 15) is 9.59 Å². The smallest absolute Gasteiger partial charge is 0.328 e. The average Bonchev–Trinajstić information content (AvgIpc) is 2.62.